The normalized spacial score (nSPS) is 13.8. The quantitative estimate of drug-likeness (QED) is 0.158. The topological polar surface area (TPSA) is 50.9 Å². The van der Waals surface area contributed by atoms with Crippen molar-refractivity contribution < 1.29 is 13.3 Å². The fourth-order valence-corrected chi connectivity index (χ4v) is 8.59. The summed E-state index contributed by atoms with van der Waals surface area (Å²) in [6.07, 6.45) is 1.62. The van der Waals surface area contributed by atoms with Gasteiger partial charge in [-0.15, -0.1) is 0 Å². The Kier molecular flexibility index (Phi) is 9.66. The fourth-order valence-electron chi connectivity index (χ4n) is 8.59. The molecule has 2 heterocycles. The predicted molar refractivity (Wildman–Crippen MR) is 267 cm³/mol. The number of para-hydroxylation sites is 1. The summed E-state index contributed by atoms with van der Waals surface area (Å²) in [5.74, 6) is 0.00175. The van der Waals surface area contributed by atoms with Crippen molar-refractivity contribution in [2.24, 2.45) is 0 Å². The monoisotopic (exact) mass is 836 g/mol. The number of nitrogens with zero attached hydrogens (tertiary/aromatic N) is 3. The van der Waals surface area contributed by atoms with Gasteiger partial charge in [0.2, 0.25) is 0 Å². The van der Waals surface area contributed by atoms with E-state index in [4.69, 9.17) is 16.8 Å². The Hall–Kier alpha value is -6.26. The van der Waals surface area contributed by atoms with Crippen LogP contribution >= 0.6 is 0 Å². The van der Waals surface area contributed by atoms with Crippen LogP contribution in [-0.4, -0.2) is 19.6 Å². The molecule has 1 N–H and O–H groups in total. The summed E-state index contributed by atoms with van der Waals surface area (Å²) >= 11 is 0. The van der Waals surface area contributed by atoms with Crippen molar-refractivity contribution in [3.63, 3.8) is 0 Å². The number of phenolic OH excluding ortho intramolecular Hbond substituents is 1. The number of imidazole rings is 1. The van der Waals surface area contributed by atoms with Crippen LogP contribution in [-0.2, 0) is 10.8 Å². The minimum atomic E-state index is -0.986. The number of aromatic nitrogens is 3. The number of phenols is 1. The highest BCUT2D eigenvalue weighted by Gasteiger charge is 2.26. The lowest BCUT2D eigenvalue weighted by molar-refractivity contribution is 0.466. The van der Waals surface area contributed by atoms with Gasteiger partial charge in [0, 0.05) is 24.4 Å². The summed E-state index contributed by atoms with van der Waals surface area (Å²) in [5.41, 5.74) is 13.4. The highest BCUT2D eigenvalue weighted by molar-refractivity contribution is 5.97. The second-order valence-corrected chi connectivity index (χ2v) is 19.8. The van der Waals surface area contributed by atoms with Gasteiger partial charge in [-0.2, -0.15) is 0 Å². The maximum Gasteiger partial charge on any atom is 0.149 e. The molecule has 63 heavy (non-hydrogen) atoms. The van der Waals surface area contributed by atoms with Gasteiger partial charge in [-0.1, -0.05) is 168 Å². The third-order valence-corrected chi connectivity index (χ3v) is 12.2. The molecule has 320 valence electrons. The molecule has 2 aromatic heterocycles. The molecule has 0 saturated carbocycles. The SMILES string of the molecule is [2H]c1c([2H])c([2H])c(-c2ccnc(-c3cc(-c4cccc5c4nc(-c4cc(C(C)C)cc(C(C)C)c4O)n5-c4ccc(-c5ccccc5C(C)(C)C)c(C([2H])(C)C)c4)cc(C(C)(C)C)c3)c2)c([2H])c1[2H]. The molecule has 0 bridgehead atoms. The van der Waals surface area contributed by atoms with Gasteiger partial charge in [0.15, 0.2) is 0 Å². The van der Waals surface area contributed by atoms with Crippen molar-refractivity contribution in [2.45, 2.75) is 112 Å². The summed E-state index contributed by atoms with van der Waals surface area (Å²) in [4.78, 5) is 10.3. The molecule has 8 rings (SSSR count). The second-order valence-electron chi connectivity index (χ2n) is 19.8. The van der Waals surface area contributed by atoms with E-state index in [-0.39, 0.29) is 58.1 Å². The highest BCUT2D eigenvalue weighted by Crippen LogP contribution is 2.45. The van der Waals surface area contributed by atoms with Gasteiger partial charge in [-0.25, -0.2) is 4.98 Å². The molecule has 0 saturated heterocycles. The van der Waals surface area contributed by atoms with Crippen molar-refractivity contribution in [1.29, 1.82) is 0 Å². The van der Waals surface area contributed by atoms with Gasteiger partial charge in [0.05, 0.1) is 29.1 Å². The van der Waals surface area contributed by atoms with Gasteiger partial charge < -0.3 is 5.11 Å². The van der Waals surface area contributed by atoms with Crippen LogP contribution in [0, 0.1) is 0 Å². The zero-order valence-corrected chi connectivity index (χ0v) is 38.8. The summed E-state index contributed by atoms with van der Waals surface area (Å²) in [6.45, 7) is 25.5. The van der Waals surface area contributed by atoms with Crippen molar-refractivity contribution in [3.05, 3.63) is 167 Å². The van der Waals surface area contributed by atoms with Crippen LogP contribution in [0.1, 0.15) is 137 Å². The molecule has 0 aliphatic carbocycles. The third-order valence-electron chi connectivity index (χ3n) is 12.2. The molecule has 0 fully saturated rings. The second kappa shape index (κ2) is 16.8. The van der Waals surface area contributed by atoms with Gasteiger partial charge in [0.1, 0.15) is 11.6 Å². The molecule has 0 amide bonds. The van der Waals surface area contributed by atoms with E-state index >= 15 is 0 Å². The Morgan fingerprint density at radius 1 is 0.603 bits per heavy atom. The van der Waals surface area contributed by atoms with Gasteiger partial charge in [-0.05, 0) is 133 Å². The summed E-state index contributed by atoms with van der Waals surface area (Å²) < 4.78 is 54.0. The van der Waals surface area contributed by atoms with E-state index in [9.17, 15) is 6.48 Å². The number of rotatable bonds is 9. The average molecular weight is 836 g/mol. The molecule has 4 nitrogen and oxygen atoms in total. The van der Waals surface area contributed by atoms with Crippen LogP contribution < -0.4 is 0 Å². The van der Waals surface area contributed by atoms with Crippen molar-refractivity contribution in [2.75, 3.05) is 0 Å². The molecule has 6 aromatic carbocycles. The molecular formula is C59H63N3O. The number of aromatic hydroxyl groups is 1. The van der Waals surface area contributed by atoms with E-state index in [0.717, 1.165) is 66.8 Å². The largest absolute Gasteiger partial charge is 0.507 e. The van der Waals surface area contributed by atoms with Crippen LogP contribution in [0.4, 0.5) is 0 Å². The lowest BCUT2D eigenvalue weighted by atomic mass is 9.80. The maximum absolute atomic E-state index is 12.3. The summed E-state index contributed by atoms with van der Waals surface area (Å²) in [5, 5.41) is 12.3. The lowest BCUT2D eigenvalue weighted by Gasteiger charge is -2.25. The maximum atomic E-state index is 12.3. The molecule has 0 atom stereocenters. The Bertz CT molecular complexity index is 3280. The number of benzene rings is 6. The van der Waals surface area contributed by atoms with E-state index < -0.39 is 11.9 Å². The first kappa shape index (κ1) is 36.2. The van der Waals surface area contributed by atoms with E-state index in [1.54, 1.807) is 18.3 Å². The smallest absolute Gasteiger partial charge is 0.149 e. The summed E-state index contributed by atoms with van der Waals surface area (Å²) in [6, 6.07) is 33.3. The number of hydrogen-bond donors (Lipinski definition) is 1. The van der Waals surface area contributed by atoms with E-state index in [0.29, 0.717) is 22.6 Å². The van der Waals surface area contributed by atoms with Crippen LogP contribution in [0.25, 0.3) is 72.7 Å². The first-order valence-corrected chi connectivity index (χ1v) is 22.1. The van der Waals surface area contributed by atoms with Crippen LogP contribution in [0.3, 0.4) is 0 Å². The Morgan fingerprint density at radius 2 is 1.32 bits per heavy atom. The number of pyridine rings is 1. The zero-order valence-electron chi connectivity index (χ0n) is 44.8. The average Bonchev–Trinajstić information content (AvgIpc) is 3.69. The Balaban J connectivity index is 1.42. The fraction of sp³-hybridized carbons (Fsp3) is 0.288. The summed E-state index contributed by atoms with van der Waals surface area (Å²) in [7, 11) is 0. The third kappa shape index (κ3) is 8.48. The van der Waals surface area contributed by atoms with Gasteiger partial charge >= 0.3 is 0 Å². The molecule has 0 aliphatic rings. The first-order chi connectivity index (χ1) is 32.3. The van der Waals surface area contributed by atoms with Gasteiger partial charge in [-0.3, -0.25) is 9.55 Å². The molecule has 8 aromatic rings. The molecule has 4 heteroatoms. The number of fused-ring (bicyclic) bond motifs is 1. The van der Waals surface area contributed by atoms with Gasteiger partial charge in [0.25, 0.3) is 0 Å². The standard InChI is InChI=1S/C59H63N3O/c1-36(2)41-32-50(38(5)6)56(63)51(33-41)57-61-55-46(42-29-43(31-44(30-42)58(7,8)9)53-34-40(27-28-60-53)39-19-14-13-15-20-39)22-18-24-54(55)62(57)45-25-26-47(49(35-45)37(3)4)48-21-16-17-23-52(48)59(10,11)12/h13-38,63H,1-12H3/i13D,14D,15D,19D,20D,37D. The highest BCUT2D eigenvalue weighted by atomic mass is 16.3. The van der Waals surface area contributed by atoms with Crippen molar-refractivity contribution >= 4 is 11.0 Å². The van der Waals surface area contributed by atoms with Crippen LogP contribution in [0.5, 0.6) is 5.75 Å². The van der Waals surface area contributed by atoms with Crippen LogP contribution in [0.15, 0.2) is 140 Å². The predicted octanol–water partition coefficient (Wildman–Crippen LogP) is 16.4. The van der Waals surface area contributed by atoms with Crippen LogP contribution in [0.2, 0.25) is 0 Å². The molecule has 0 unspecified atom stereocenters. The Labute approximate surface area is 384 Å². The minimum absolute atomic E-state index is 0.0416. The first-order valence-electron chi connectivity index (χ1n) is 25.1. The lowest BCUT2D eigenvalue weighted by Crippen LogP contribution is -2.13. The van der Waals surface area contributed by atoms with E-state index in [1.165, 1.54) is 5.56 Å². The number of hydrogen-bond acceptors (Lipinski definition) is 3. The van der Waals surface area contributed by atoms with E-state index in [1.807, 2.05) is 19.9 Å². The van der Waals surface area contributed by atoms with Crippen molar-refractivity contribution in [3.8, 4) is 67.5 Å². The van der Waals surface area contributed by atoms with Crippen molar-refractivity contribution in [1.82, 2.24) is 14.5 Å². The molecular weight excluding hydrogens is 767 g/mol. The molecule has 0 radical (unpaired) electrons. The zero-order chi connectivity index (χ0) is 50.2. The van der Waals surface area contributed by atoms with E-state index in [2.05, 4.69) is 159 Å². The molecule has 0 spiro atoms. The Morgan fingerprint density at radius 3 is 2.00 bits per heavy atom. The molecule has 0 aliphatic heterocycles. The minimum Gasteiger partial charge on any atom is -0.507 e.